The maximum absolute atomic E-state index is 12.5. The largest absolute Gasteiger partial charge is 0.480 e. The Morgan fingerprint density at radius 1 is 1.36 bits per heavy atom. The SMILES string of the molecule is CCN(CC(=O)O)C1CC(NC(=O)N2CCc3ccc(Cl)cc3C2)C1. The number of halogens is 1. The fourth-order valence-corrected chi connectivity index (χ4v) is 3.84. The number of fused-ring (bicyclic) bond motifs is 1. The summed E-state index contributed by atoms with van der Waals surface area (Å²) < 4.78 is 0. The fourth-order valence-electron chi connectivity index (χ4n) is 3.64. The lowest BCUT2D eigenvalue weighted by Crippen LogP contribution is -2.57. The molecular weight excluding hydrogens is 342 g/mol. The van der Waals surface area contributed by atoms with Gasteiger partial charge in [-0.2, -0.15) is 0 Å². The van der Waals surface area contributed by atoms with E-state index in [9.17, 15) is 9.59 Å². The third-order valence-corrected chi connectivity index (χ3v) is 5.40. The molecule has 0 spiro atoms. The molecule has 2 N–H and O–H groups in total. The fraction of sp³-hybridized carbons (Fsp3) is 0.556. The van der Waals surface area contributed by atoms with Crippen LogP contribution in [0.2, 0.25) is 5.02 Å². The average molecular weight is 366 g/mol. The molecule has 1 aromatic rings. The molecule has 2 aliphatic rings. The van der Waals surface area contributed by atoms with Crippen molar-refractivity contribution in [3.63, 3.8) is 0 Å². The van der Waals surface area contributed by atoms with Crippen molar-refractivity contribution in [1.29, 1.82) is 0 Å². The summed E-state index contributed by atoms with van der Waals surface area (Å²) in [5, 5.41) is 12.7. The number of nitrogens with zero attached hydrogens (tertiary/aromatic N) is 2. The molecule has 1 aliphatic carbocycles. The summed E-state index contributed by atoms with van der Waals surface area (Å²) in [6.45, 7) is 4.02. The number of benzene rings is 1. The van der Waals surface area contributed by atoms with Gasteiger partial charge in [0.15, 0.2) is 0 Å². The summed E-state index contributed by atoms with van der Waals surface area (Å²) in [5.41, 5.74) is 2.36. The van der Waals surface area contributed by atoms with Gasteiger partial charge >= 0.3 is 12.0 Å². The number of aliphatic carboxylic acids is 1. The summed E-state index contributed by atoms with van der Waals surface area (Å²) in [6.07, 6.45) is 2.46. The van der Waals surface area contributed by atoms with E-state index in [-0.39, 0.29) is 24.7 Å². The number of carbonyl (C=O) groups excluding carboxylic acids is 1. The molecular formula is C18H24ClN3O3. The standard InChI is InChI=1S/C18H24ClN3O3/c1-2-21(11-17(23)24)16-8-15(9-16)20-18(25)22-6-5-12-3-4-14(19)7-13(12)10-22/h3-4,7,15-16H,2,5-6,8-11H2,1H3,(H,20,25)(H,23,24). The van der Waals surface area contributed by atoms with Crippen LogP contribution in [0.1, 0.15) is 30.9 Å². The second-order valence-corrected chi connectivity index (χ2v) is 7.25. The highest BCUT2D eigenvalue weighted by Gasteiger charge is 2.35. The van der Waals surface area contributed by atoms with Gasteiger partial charge in [-0.25, -0.2) is 4.79 Å². The van der Waals surface area contributed by atoms with Crippen LogP contribution in [-0.2, 0) is 17.8 Å². The Hall–Kier alpha value is -1.79. The predicted molar refractivity (Wildman–Crippen MR) is 95.8 cm³/mol. The lowest BCUT2D eigenvalue weighted by atomic mass is 9.85. The van der Waals surface area contributed by atoms with Crippen LogP contribution in [-0.4, -0.2) is 58.6 Å². The molecule has 136 valence electrons. The number of urea groups is 1. The molecule has 0 atom stereocenters. The van der Waals surface area contributed by atoms with Gasteiger partial charge in [-0.3, -0.25) is 9.69 Å². The summed E-state index contributed by atoms with van der Waals surface area (Å²) in [6, 6.07) is 6.18. The predicted octanol–water partition coefficient (Wildman–Crippen LogP) is 2.35. The number of likely N-dealkylation sites (N-methyl/N-ethyl adjacent to an activating group) is 1. The summed E-state index contributed by atoms with van der Waals surface area (Å²) in [4.78, 5) is 27.1. The Balaban J connectivity index is 1.49. The van der Waals surface area contributed by atoms with Crippen LogP contribution in [0.5, 0.6) is 0 Å². The minimum absolute atomic E-state index is 0.0460. The normalized spacial score (nSPS) is 22.3. The lowest BCUT2D eigenvalue weighted by molar-refractivity contribution is -0.139. The third kappa shape index (κ3) is 4.25. The highest BCUT2D eigenvalue weighted by molar-refractivity contribution is 6.30. The van der Waals surface area contributed by atoms with Gasteiger partial charge in [0.2, 0.25) is 0 Å². The summed E-state index contributed by atoms with van der Waals surface area (Å²) in [5.74, 6) is -0.806. The van der Waals surface area contributed by atoms with Gasteiger partial charge < -0.3 is 15.3 Å². The van der Waals surface area contributed by atoms with Crippen molar-refractivity contribution in [2.24, 2.45) is 0 Å². The van der Waals surface area contributed by atoms with Crippen LogP contribution in [0.15, 0.2) is 18.2 Å². The van der Waals surface area contributed by atoms with Gasteiger partial charge in [-0.05, 0) is 49.1 Å². The monoisotopic (exact) mass is 365 g/mol. The first-order chi connectivity index (χ1) is 12.0. The van der Waals surface area contributed by atoms with Gasteiger partial charge in [0, 0.05) is 30.2 Å². The number of carboxylic acid groups (broad SMARTS) is 1. The Bertz CT molecular complexity index is 661. The van der Waals surface area contributed by atoms with E-state index in [2.05, 4.69) is 5.32 Å². The van der Waals surface area contributed by atoms with Crippen molar-refractivity contribution in [2.45, 2.75) is 44.8 Å². The smallest absolute Gasteiger partial charge is 0.317 e. The molecule has 0 saturated heterocycles. The van der Waals surface area contributed by atoms with E-state index in [1.807, 2.05) is 34.9 Å². The average Bonchev–Trinajstić information content (AvgIpc) is 2.54. The molecule has 3 rings (SSSR count). The molecule has 0 aromatic heterocycles. The Kier molecular flexibility index (Phi) is 5.49. The minimum Gasteiger partial charge on any atom is -0.480 e. The van der Waals surface area contributed by atoms with E-state index in [1.165, 1.54) is 5.56 Å². The van der Waals surface area contributed by atoms with E-state index in [0.717, 1.165) is 24.8 Å². The van der Waals surface area contributed by atoms with Crippen LogP contribution in [0, 0.1) is 0 Å². The van der Waals surface area contributed by atoms with Gasteiger partial charge in [0.1, 0.15) is 0 Å². The first kappa shape index (κ1) is 18.0. The molecule has 0 radical (unpaired) electrons. The Morgan fingerprint density at radius 3 is 2.80 bits per heavy atom. The molecule has 1 fully saturated rings. The van der Waals surface area contributed by atoms with Crippen molar-refractivity contribution in [3.8, 4) is 0 Å². The van der Waals surface area contributed by atoms with Gasteiger partial charge in [0.05, 0.1) is 6.54 Å². The second kappa shape index (κ2) is 7.62. The van der Waals surface area contributed by atoms with Crippen LogP contribution in [0.25, 0.3) is 0 Å². The number of carbonyl (C=O) groups is 2. The van der Waals surface area contributed by atoms with Crippen LogP contribution < -0.4 is 5.32 Å². The van der Waals surface area contributed by atoms with E-state index in [4.69, 9.17) is 16.7 Å². The van der Waals surface area contributed by atoms with Crippen molar-refractivity contribution < 1.29 is 14.7 Å². The van der Waals surface area contributed by atoms with Gasteiger partial charge in [-0.1, -0.05) is 24.6 Å². The zero-order valence-corrected chi connectivity index (χ0v) is 15.1. The van der Waals surface area contributed by atoms with Gasteiger partial charge in [-0.15, -0.1) is 0 Å². The maximum Gasteiger partial charge on any atom is 0.317 e. The zero-order chi connectivity index (χ0) is 18.0. The first-order valence-electron chi connectivity index (χ1n) is 8.75. The van der Waals surface area contributed by atoms with Gasteiger partial charge in [0.25, 0.3) is 0 Å². The van der Waals surface area contributed by atoms with E-state index in [1.54, 1.807) is 0 Å². The summed E-state index contributed by atoms with van der Waals surface area (Å²) >= 11 is 6.05. The molecule has 0 unspecified atom stereocenters. The van der Waals surface area contributed by atoms with Crippen LogP contribution >= 0.6 is 11.6 Å². The molecule has 1 saturated carbocycles. The Morgan fingerprint density at radius 2 is 2.12 bits per heavy atom. The highest BCUT2D eigenvalue weighted by atomic mass is 35.5. The number of rotatable bonds is 5. The molecule has 0 bridgehead atoms. The number of amides is 2. The first-order valence-corrected chi connectivity index (χ1v) is 9.12. The number of carboxylic acids is 1. The van der Waals surface area contributed by atoms with Crippen LogP contribution in [0.3, 0.4) is 0 Å². The van der Waals surface area contributed by atoms with Crippen LogP contribution in [0.4, 0.5) is 4.79 Å². The molecule has 25 heavy (non-hydrogen) atoms. The zero-order valence-electron chi connectivity index (χ0n) is 14.4. The number of hydrogen-bond acceptors (Lipinski definition) is 3. The highest BCUT2D eigenvalue weighted by Crippen LogP contribution is 2.27. The Labute approximate surface area is 152 Å². The molecule has 2 amide bonds. The van der Waals surface area contributed by atoms with E-state index < -0.39 is 5.97 Å². The summed E-state index contributed by atoms with van der Waals surface area (Å²) in [7, 11) is 0. The van der Waals surface area contributed by atoms with E-state index >= 15 is 0 Å². The quantitative estimate of drug-likeness (QED) is 0.840. The molecule has 1 aliphatic heterocycles. The third-order valence-electron chi connectivity index (χ3n) is 5.17. The molecule has 1 heterocycles. The molecule has 6 nitrogen and oxygen atoms in total. The lowest BCUT2D eigenvalue weighted by Gasteiger charge is -2.43. The molecule has 1 aromatic carbocycles. The second-order valence-electron chi connectivity index (χ2n) is 6.81. The minimum atomic E-state index is -0.806. The number of nitrogens with one attached hydrogen (secondary N) is 1. The van der Waals surface area contributed by atoms with E-state index in [0.29, 0.717) is 24.7 Å². The van der Waals surface area contributed by atoms with Crippen molar-refractivity contribution in [3.05, 3.63) is 34.3 Å². The molecule has 7 heteroatoms. The van der Waals surface area contributed by atoms with Crippen molar-refractivity contribution in [2.75, 3.05) is 19.6 Å². The maximum atomic E-state index is 12.5. The topological polar surface area (TPSA) is 72.9 Å². The number of hydrogen-bond donors (Lipinski definition) is 2. The van der Waals surface area contributed by atoms with Crippen molar-refractivity contribution >= 4 is 23.6 Å². The van der Waals surface area contributed by atoms with Crippen molar-refractivity contribution in [1.82, 2.24) is 15.1 Å².